The van der Waals surface area contributed by atoms with E-state index in [1.165, 1.54) is 12.4 Å². The molecule has 1 fully saturated rings. The van der Waals surface area contributed by atoms with Gasteiger partial charge in [0.2, 0.25) is 5.89 Å². The van der Waals surface area contributed by atoms with Crippen LogP contribution in [0.2, 0.25) is 0 Å². The molecule has 5 rings (SSSR count). The van der Waals surface area contributed by atoms with E-state index in [-0.39, 0.29) is 17.8 Å². The fourth-order valence-corrected chi connectivity index (χ4v) is 3.73. The number of nitrogens with one attached hydrogen (secondary N) is 2. The van der Waals surface area contributed by atoms with Crippen molar-refractivity contribution in [3.63, 3.8) is 0 Å². The fraction of sp³-hybridized carbons (Fsp3) is 0.316. The second kappa shape index (κ2) is 6.99. The number of rotatable bonds is 5. The minimum atomic E-state index is -0.255. The van der Waals surface area contributed by atoms with Crippen LogP contribution in [0.25, 0.3) is 11.0 Å². The number of aromatic amines is 1. The van der Waals surface area contributed by atoms with Gasteiger partial charge in [0, 0.05) is 18.4 Å². The molecule has 2 N–H and O–H groups in total. The molecule has 2 atom stereocenters. The third-order valence-corrected chi connectivity index (χ3v) is 5.16. The average molecular weight is 379 g/mol. The van der Waals surface area contributed by atoms with Gasteiger partial charge in [0.05, 0.1) is 11.6 Å². The third kappa shape index (κ3) is 3.19. The molecule has 1 aromatic carbocycles. The van der Waals surface area contributed by atoms with E-state index in [1.54, 1.807) is 24.4 Å². The minimum Gasteiger partial charge on any atom is -0.367 e. The summed E-state index contributed by atoms with van der Waals surface area (Å²) in [6.45, 7) is 0. The number of aromatic nitrogens is 6. The van der Waals surface area contributed by atoms with Crippen molar-refractivity contribution in [3.05, 3.63) is 59.9 Å². The lowest BCUT2D eigenvalue weighted by Crippen LogP contribution is -2.16. The monoisotopic (exact) mass is 379 g/mol. The Kier molecular flexibility index (Phi) is 4.19. The fourth-order valence-electron chi connectivity index (χ4n) is 3.73. The van der Waals surface area contributed by atoms with Crippen LogP contribution < -0.4 is 5.32 Å². The first-order chi connectivity index (χ1) is 13.8. The van der Waals surface area contributed by atoms with Gasteiger partial charge in [0.25, 0.3) is 0 Å². The highest BCUT2D eigenvalue weighted by Crippen LogP contribution is 2.35. The number of benzene rings is 1. The summed E-state index contributed by atoms with van der Waals surface area (Å²) >= 11 is 0. The highest BCUT2D eigenvalue weighted by Gasteiger charge is 2.30. The molecule has 9 heteroatoms. The summed E-state index contributed by atoms with van der Waals surface area (Å²) < 4.78 is 19.3. The molecular weight excluding hydrogens is 361 g/mol. The highest BCUT2D eigenvalue weighted by molar-refractivity contribution is 5.85. The van der Waals surface area contributed by atoms with Crippen LogP contribution in [0.5, 0.6) is 0 Å². The largest absolute Gasteiger partial charge is 0.367 e. The van der Waals surface area contributed by atoms with Crippen LogP contribution in [0.1, 0.15) is 42.5 Å². The Hall–Kier alpha value is -3.36. The maximum atomic E-state index is 13.8. The zero-order valence-electron chi connectivity index (χ0n) is 15.0. The SMILES string of the molecule is Fc1ccccc1Cc1noc([C@H]2CC[C@H](Nc3ncnc4[nH]ncc34)C2)n1. The smallest absolute Gasteiger partial charge is 0.229 e. The Morgan fingerprint density at radius 1 is 1.21 bits per heavy atom. The van der Waals surface area contributed by atoms with Crippen LogP contribution >= 0.6 is 0 Å². The van der Waals surface area contributed by atoms with Crippen molar-refractivity contribution >= 4 is 16.9 Å². The Morgan fingerprint density at radius 2 is 2.14 bits per heavy atom. The van der Waals surface area contributed by atoms with E-state index in [1.807, 2.05) is 0 Å². The van der Waals surface area contributed by atoms with Crippen molar-refractivity contribution < 1.29 is 8.91 Å². The van der Waals surface area contributed by atoms with Gasteiger partial charge in [-0.15, -0.1) is 0 Å². The van der Waals surface area contributed by atoms with Crippen molar-refractivity contribution in [3.8, 4) is 0 Å². The molecule has 0 aliphatic heterocycles. The van der Waals surface area contributed by atoms with Crippen LogP contribution in [-0.4, -0.2) is 36.3 Å². The lowest BCUT2D eigenvalue weighted by Gasteiger charge is -2.13. The van der Waals surface area contributed by atoms with Gasteiger partial charge in [-0.25, -0.2) is 14.4 Å². The first kappa shape index (κ1) is 16.8. The highest BCUT2D eigenvalue weighted by atomic mass is 19.1. The van der Waals surface area contributed by atoms with Crippen LogP contribution in [0, 0.1) is 5.82 Å². The average Bonchev–Trinajstić information content (AvgIpc) is 3.44. The number of fused-ring (bicyclic) bond motifs is 1. The van der Waals surface area contributed by atoms with Gasteiger partial charge in [0.15, 0.2) is 11.5 Å². The van der Waals surface area contributed by atoms with E-state index in [0.29, 0.717) is 29.3 Å². The van der Waals surface area contributed by atoms with E-state index >= 15 is 0 Å². The lowest BCUT2D eigenvalue weighted by atomic mass is 10.1. The van der Waals surface area contributed by atoms with Gasteiger partial charge in [-0.1, -0.05) is 23.4 Å². The normalized spacial score (nSPS) is 19.3. The molecule has 142 valence electrons. The molecular formula is C19H18FN7O. The molecule has 0 unspecified atom stereocenters. The van der Waals surface area contributed by atoms with Gasteiger partial charge in [-0.3, -0.25) is 5.10 Å². The molecule has 0 amide bonds. The predicted molar refractivity (Wildman–Crippen MR) is 99.2 cm³/mol. The van der Waals surface area contributed by atoms with Gasteiger partial charge in [-0.2, -0.15) is 10.1 Å². The zero-order chi connectivity index (χ0) is 18.9. The Bertz CT molecular complexity index is 1110. The van der Waals surface area contributed by atoms with E-state index in [4.69, 9.17) is 4.52 Å². The molecule has 1 saturated carbocycles. The molecule has 0 radical (unpaired) electrons. The molecule has 3 heterocycles. The molecule has 0 spiro atoms. The van der Waals surface area contributed by atoms with Crippen LogP contribution in [0.4, 0.5) is 10.2 Å². The van der Waals surface area contributed by atoms with E-state index < -0.39 is 0 Å². The number of H-pyrrole nitrogens is 1. The molecule has 1 aliphatic carbocycles. The van der Waals surface area contributed by atoms with Crippen molar-refractivity contribution in [2.75, 3.05) is 5.32 Å². The van der Waals surface area contributed by atoms with E-state index in [0.717, 1.165) is 30.5 Å². The summed E-state index contributed by atoms with van der Waals surface area (Å²) in [5.74, 6) is 1.82. The first-order valence-electron chi connectivity index (χ1n) is 9.23. The summed E-state index contributed by atoms with van der Waals surface area (Å²) in [5.41, 5.74) is 1.27. The first-order valence-corrected chi connectivity index (χ1v) is 9.23. The van der Waals surface area contributed by atoms with Gasteiger partial charge >= 0.3 is 0 Å². The second-order valence-corrected chi connectivity index (χ2v) is 7.02. The topological polar surface area (TPSA) is 105 Å². The van der Waals surface area contributed by atoms with Gasteiger partial charge in [-0.05, 0) is 30.9 Å². The third-order valence-electron chi connectivity index (χ3n) is 5.16. The van der Waals surface area contributed by atoms with Crippen LogP contribution in [-0.2, 0) is 6.42 Å². The quantitative estimate of drug-likeness (QED) is 0.548. The molecule has 0 bridgehead atoms. The number of nitrogens with zero attached hydrogens (tertiary/aromatic N) is 5. The van der Waals surface area contributed by atoms with Crippen molar-refractivity contribution in [2.24, 2.45) is 0 Å². The lowest BCUT2D eigenvalue weighted by molar-refractivity contribution is 0.350. The molecule has 8 nitrogen and oxygen atoms in total. The van der Waals surface area contributed by atoms with Crippen molar-refractivity contribution in [1.29, 1.82) is 0 Å². The molecule has 3 aromatic heterocycles. The molecule has 1 aliphatic rings. The van der Waals surface area contributed by atoms with Gasteiger partial charge < -0.3 is 9.84 Å². The number of halogens is 1. The number of anilines is 1. The summed E-state index contributed by atoms with van der Waals surface area (Å²) in [5, 5.41) is 15.2. The van der Waals surface area contributed by atoms with Crippen LogP contribution in [0.3, 0.4) is 0 Å². The predicted octanol–water partition coefficient (Wildman–Crippen LogP) is 3.21. The number of hydrogen-bond acceptors (Lipinski definition) is 7. The maximum Gasteiger partial charge on any atom is 0.229 e. The Morgan fingerprint density at radius 3 is 3.07 bits per heavy atom. The second-order valence-electron chi connectivity index (χ2n) is 7.02. The summed E-state index contributed by atoms with van der Waals surface area (Å²) in [4.78, 5) is 13.0. The summed E-state index contributed by atoms with van der Waals surface area (Å²) in [7, 11) is 0. The van der Waals surface area contributed by atoms with Crippen molar-refractivity contribution in [2.45, 2.75) is 37.6 Å². The minimum absolute atomic E-state index is 0.182. The number of hydrogen-bond donors (Lipinski definition) is 2. The summed E-state index contributed by atoms with van der Waals surface area (Å²) in [6.07, 6.45) is 6.34. The van der Waals surface area contributed by atoms with Gasteiger partial charge in [0.1, 0.15) is 18.0 Å². The van der Waals surface area contributed by atoms with Crippen LogP contribution in [0.15, 0.2) is 41.3 Å². The zero-order valence-corrected chi connectivity index (χ0v) is 15.0. The Labute approximate surface area is 159 Å². The molecule has 4 aromatic rings. The van der Waals surface area contributed by atoms with E-state index in [9.17, 15) is 4.39 Å². The maximum absolute atomic E-state index is 13.8. The summed E-state index contributed by atoms with van der Waals surface area (Å²) in [6, 6.07) is 6.89. The van der Waals surface area contributed by atoms with E-state index in [2.05, 4.69) is 35.6 Å². The standard InChI is InChI=1S/C19H18FN7O/c20-15-4-2-1-3-11(15)8-16-25-19(28-27-16)12-5-6-13(7-12)24-17-14-9-23-26-18(14)22-10-21-17/h1-4,9-10,12-13H,5-8H2,(H2,21,22,23,24,26)/t12-,13-/m0/s1. The molecule has 28 heavy (non-hydrogen) atoms. The van der Waals surface area contributed by atoms with Crippen molar-refractivity contribution in [1.82, 2.24) is 30.3 Å². The Balaban J connectivity index is 1.26. The molecule has 0 saturated heterocycles.